The first-order chi connectivity index (χ1) is 9.75. The second-order valence-corrected chi connectivity index (χ2v) is 7.29. The molecule has 0 saturated carbocycles. The van der Waals surface area contributed by atoms with Gasteiger partial charge in [0, 0.05) is 13.1 Å². The molecule has 9 heteroatoms. The Morgan fingerprint density at radius 1 is 0.810 bits per heavy atom. The fourth-order valence-corrected chi connectivity index (χ4v) is 4.03. The highest BCUT2D eigenvalue weighted by atomic mass is 32.3. The molecule has 0 rings (SSSR count). The Labute approximate surface area is 126 Å². The van der Waals surface area contributed by atoms with E-state index in [0.717, 1.165) is 12.2 Å². The molecule has 0 amide bonds. The molecule has 0 heterocycles. The average molecular weight is 336 g/mol. The second-order valence-electron chi connectivity index (χ2n) is 3.76. The third kappa shape index (κ3) is 6.36. The maximum atomic E-state index is 11.9. The third-order valence-electron chi connectivity index (χ3n) is 2.17. The van der Waals surface area contributed by atoms with Crippen molar-refractivity contribution in [3.8, 4) is 0 Å². The molecular formula is C12H20N2O5S2. The molecule has 0 aromatic heterocycles. The van der Waals surface area contributed by atoms with E-state index in [1.165, 1.54) is 12.2 Å². The molecule has 120 valence electrons. The van der Waals surface area contributed by atoms with Gasteiger partial charge in [0.1, 0.15) is 0 Å². The SMILES string of the molecule is C=CCNC(C=C)S(=O)(=O)OS(=O)(=O)C(C=C)NCC=C. The van der Waals surface area contributed by atoms with Crippen molar-refractivity contribution in [1.82, 2.24) is 10.6 Å². The molecule has 0 radical (unpaired) electrons. The van der Waals surface area contributed by atoms with E-state index in [1.807, 2.05) is 0 Å². The van der Waals surface area contributed by atoms with Crippen molar-refractivity contribution in [3.63, 3.8) is 0 Å². The molecule has 7 nitrogen and oxygen atoms in total. The van der Waals surface area contributed by atoms with E-state index in [9.17, 15) is 16.8 Å². The summed E-state index contributed by atoms with van der Waals surface area (Å²) in [6.07, 6.45) is 4.88. The van der Waals surface area contributed by atoms with Crippen molar-refractivity contribution in [1.29, 1.82) is 0 Å². The van der Waals surface area contributed by atoms with Gasteiger partial charge in [-0.25, -0.2) is 0 Å². The first kappa shape index (κ1) is 19.7. The van der Waals surface area contributed by atoms with Gasteiger partial charge in [0.15, 0.2) is 10.7 Å². The maximum Gasteiger partial charge on any atom is 0.301 e. The molecule has 0 saturated heterocycles. The van der Waals surface area contributed by atoms with Gasteiger partial charge in [-0.15, -0.1) is 29.9 Å². The highest BCUT2D eigenvalue weighted by Gasteiger charge is 2.33. The Balaban J connectivity index is 5.19. The zero-order chi connectivity index (χ0) is 16.5. The van der Waals surface area contributed by atoms with Gasteiger partial charge in [0.2, 0.25) is 0 Å². The molecule has 0 aliphatic carbocycles. The Hall–Kier alpha value is -1.26. The van der Waals surface area contributed by atoms with Crippen molar-refractivity contribution in [2.75, 3.05) is 13.1 Å². The van der Waals surface area contributed by atoms with Crippen LogP contribution in [0.2, 0.25) is 0 Å². The minimum absolute atomic E-state index is 0.138. The van der Waals surface area contributed by atoms with Gasteiger partial charge < -0.3 is 0 Å². The molecule has 0 spiro atoms. The van der Waals surface area contributed by atoms with Crippen molar-refractivity contribution in [3.05, 3.63) is 50.6 Å². The van der Waals surface area contributed by atoms with Crippen LogP contribution in [0.15, 0.2) is 50.6 Å². The van der Waals surface area contributed by atoms with Gasteiger partial charge in [-0.3, -0.25) is 10.6 Å². The predicted molar refractivity (Wildman–Crippen MR) is 83.3 cm³/mol. The molecule has 2 unspecified atom stereocenters. The average Bonchev–Trinajstić information content (AvgIpc) is 2.38. The Morgan fingerprint density at radius 3 is 1.38 bits per heavy atom. The summed E-state index contributed by atoms with van der Waals surface area (Å²) in [6.45, 7) is 13.8. The summed E-state index contributed by atoms with van der Waals surface area (Å²) in [4.78, 5) is 0. The Kier molecular flexibility index (Phi) is 8.37. The summed E-state index contributed by atoms with van der Waals surface area (Å²) in [5, 5.41) is 2.25. The van der Waals surface area contributed by atoms with Crippen molar-refractivity contribution < 1.29 is 20.5 Å². The third-order valence-corrected chi connectivity index (χ3v) is 5.65. The van der Waals surface area contributed by atoms with E-state index in [1.54, 1.807) is 0 Å². The molecule has 0 aliphatic rings. The van der Waals surface area contributed by atoms with Crippen LogP contribution >= 0.6 is 0 Å². The van der Waals surface area contributed by atoms with Crippen molar-refractivity contribution in [2.24, 2.45) is 0 Å². The van der Waals surface area contributed by atoms with Gasteiger partial charge in [-0.1, -0.05) is 24.3 Å². The van der Waals surface area contributed by atoms with Crippen LogP contribution in [0.5, 0.6) is 0 Å². The topological polar surface area (TPSA) is 102 Å². The molecule has 0 bridgehead atoms. The van der Waals surface area contributed by atoms with Crippen molar-refractivity contribution >= 4 is 20.2 Å². The summed E-state index contributed by atoms with van der Waals surface area (Å²) >= 11 is 0. The Morgan fingerprint density at radius 2 is 1.14 bits per heavy atom. The molecule has 21 heavy (non-hydrogen) atoms. The number of nitrogens with one attached hydrogen (secondary N) is 2. The zero-order valence-corrected chi connectivity index (χ0v) is 13.2. The van der Waals surface area contributed by atoms with Crippen LogP contribution in [0.4, 0.5) is 0 Å². The van der Waals surface area contributed by atoms with Crippen molar-refractivity contribution in [2.45, 2.75) is 10.7 Å². The van der Waals surface area contributed by atoms with Gasteiger partial charge in [-0.2, -0.15) is 16.8 Å². The van der Waals surface area contributed by atoms with Crippen LogP contribution < -0.4 is 10.6 Å². The molecule has 2 atom stereocenters. The minimum Gasteiger partial charge on any atom is -0.292 e. The monoisotopic (exact) mass is 336 g/mol. The second kappa shape index (κ2) is 8.90. The van der Waals surface area contributed by atoms with Gasteiger partial charge in [0.25, 0.3) is 0 Å². The van der Waals surface area contributed by atoms with E-state index in [2.05, 4.69) is 40.6 Å². The largest absolute Gasteiger partial charge is 0.301 e. The first-order valence-electron chi connectivity index (χ1n) is 5.87. The normalized spacial score (nSPS) is 14.9. The van der Waals surface area contributed by atoms with Gasteiger partial charge in [0.05, 0.1) is 0 Å². The molecule has 0 aromatic rings. The predicted octanol–water partition coefficient (Wildman–Crippen LogP) is 0.238. The lowest BCUT2D eigenvalue weighted by Gasteiger charge is -2.17. The summed E-state index contributed by atoms with van der Waals surface area (Å²) in [5.74, 6) is 0. The summed E-state index contributed by atoms with van der Waals surface area (Å²) in [6, 6.07) is 0. The molecule has 0 fully saturated rings. The highest BCUT2D eigenvalue weighted by Crippen LogP contribution is 2.12. The lowest BCUT2D eigenvalue weighted by molar-refractivity contribution is 0.442. The lowest BCUT2D eigenvalue weighted by Crippen LogP contribution is -2.42. The maximum absolute atomic E-state index is 11.9. The molecule has 0 aliphatic heterocycles. The van der Waals surface area contributed by atoms with Crippen LogP contribution in [0.3, 0.4) is 0 Å². The van der Waals surface area contributed by atoms with Gasteiger partial charge in [-0.05, 0) is 0 Å². The summed E-state index contributed by atoms with van der Waals surface area (Å²) in [7, 11) is -8.92. The van der Waals surface area contributed by atoms with Crippen LogP contribution in [-0.4, -0.2) is 40.7 Å². The van der Waals surface area contributed by atoms with Gasteiger partial charge >= 0.3 is 20.2 Å². The number of hydrogen-bond acceptors (Lipinski definition) is 7. The number of hydrogen-bond donors (Lipinski definition) is 2. The van der Waals surface area contributed by atoms with Crippen LogP contribution in [0.1, 0.15) is 0 Å². The van der Waals surface area contributed by atoms with E-state index < -0.39 is 31.0 Å². The molecule has 0 aromatic carbocycles. The molecule has 2 N–H and O–H groups in total. The fourth-order valence-electron chi connectivity index (χ4n) is 1.22. The van der Waals surface area contributed by atoms with Crippen LogP contribution in [0.25, 0.3) is 0 Å². The van der Waals surface area contributed by atoms with E-state index in [-0.39, 0.29) is 13.1 Å². The number of rotatable bonds is 12. The van der Waals surface area contributed by atoms with E-state index in [0.29, 0.717) is 0 Å². The minimum atomic E-state index is -4.46. The van der Waals surface area contributed by atoms with E-state index >= 15 is 0 Å². The van der Waals surface area contributed by atoms with Crippen LogP contribution in [0, 0.1) is 0 Å². The summed E-state index contributed by atoms with van der Waals surface area (Å²) in [5.41, 5.74) is 0. The standard InChI is InChI=1S/C12H20N2O5S2/c1-5-9-13-11(7-3)20(15,16)19-21(17,18)12(8-4)14-10-6-2/h5-8,11-14H,1-4,9-10H2. The first-order valence-corrected chi connectivity index (χ1v) is 8.81. The smallest absolute Gasteiger partial charge is 0.292 e. The highest BCUT2D eigenvalue weighted by molar-refractivity contribution is 8.00. The summed E-state index contributed by atoms with van der Waals surface area (Å²) < 4.78 is 52.0. The Bertz CT molecular complexity index is 529. The molecular weight excluding hydrogens is 316 g/mol. The quantitative estimate of drug-likeness (QED) is 0.492. The lowest BCUT2D eigenvalue weighted by atomic mass is 10.5. The van der Waals surface area contributed by atoms with E-state index in [4.69, 9.17) is 0 Å². The van der Waals surface area contributed by atoms with Crippen LogP contribution in [-0.2, 0) is 23.9 Å². The fraction of sp³-hybridized carbons (Fsp3) is 0.333. The zero-order valence-electron chi connectivity index (χ0n) is 11.6.